The Bertz CT molecular complexity index is 620. The van der Waals surface area contributed by atoms with Crippen LogP contribution in [-0.4, -0.2) is 59.9 Å². The predicted molar refractivity (Wildman–Crippen MR) is 95.1 cm³/mol. The topological polar surface area (TPSA) is 81.8 Å². The molecule has 0 unspecified atom stereocenters. The SMILES string of the molecule is CC(=O)N1CCN(C(=O)c2ccc(CNC(=O)NC(C)C)cc2)CC1. The number of hydrogen-bond acceptors (Lipinski definition) is 3. The second-order valence-electron chi connectivity index (χ2n) is 6.48. The first-order valence-electron chi connectivity index (χ1n) is 8.55. The molecule has 1 aromatic rings. The van der Waals surface area contributed by atoms with E-state index in [0.717, 1.165) is 5.56 Å². The van der Waals surface area contributed by atoms with Crippen molar-refractivity contribution in [2.45, 2.75) is 33.4 Å². The van der Waals surface area contributed by atoms with E-state index in [1.54, 1.807) is 28.9 Å². The lowest BCUT2D eigenvalue weighted by atomic mass is 10.1. The van der Waals surface area contributed by atoms with Crippen LogP contribution in [0.15, 0.2) is 24.3 Å². The third-order valence-electron chi connectivity index (χ3n) is 4.09. The van der Waals surface area contributed by atoms with Gasteiger partial charge < -0.3 is 20.4 Å². The largest absolute Gasteiger partial charge is 0.339 e. The second kappa shape index (κ2) is 8.50. The zero-order valence-corrected chi connectivity index (χ0v) is 15.0. The molecule has 25 heavy (non-hydrogen) atoms. The summed E-state index contributed by atoms with van der Waals surface area (Å²) in [6.45, 7) is 8.01. The number of urea groups is 1. The van der Waals surface area contributed by atoms with Crippen molar-refractivity contribution in [3.8, 4) is 0 Å². The Morgan fingerprint density at radius 3 is 2.08 bits per heavy atom. The number of rotatable bonds is 4. The highest BCUT2D eigenvalue weighted by molar-refractivity contribution is 5.94. The van der Waals surface area contributed by atoms with Gasteiger partial charge in [-0.05, 0) is 31.5 Å². The van der Waals surface area contributed by atoms with Crippen LogP contribution in [0.3, 0.4) is 0 Å². The van der Waals surface area contributed by atoms with Crippen LogP contribution in [0.1, 0.15) is 36.7 Å². The summed E-state index contributed by atoms with van der Waals surface area (Å²) in [6, 6.07) is 7.11. The molecule has 7 nitrogen and oxygen atoms in total. The van der Waals surface area contributed by atoms with Gasteiger partial charge in [0.25, 0.3) is 5.91 Å². The molecule has 1 aliphatic heterocycles. The minimum atomic E-state index is -0.210. The van der Waals surface area contributed by atoms with Crippen molar-refractivity contribution in [2.24, 2.45) is 0 Å². The predicted octanol–water partition coefficient (Wildman–Crippen LogP) is 1.20. The van der Waals surface area contributed by atoms with Gasteiger partial charge in [0.05, 0.1) is 0 Å². The minimum absolute atomic E-state index is 0.0275. The van der Waals surface area contributed by atoms with E-state index in [0.29, 0.717) is 38.3 Å². The van der Waals surface area contributed by atoms with Gasteiger partial charge >= 0.3 is 6.03 Å². The van der Waals surface area contributed by atoms with E-state index in [9.17, 15) is 14.4 Å². The van der Waals surface area contributed by atoms with E-state index in [-0.39, 0.29) is 23.9 Å². The van der Waals surface area contributed by atoms with E-state index in [4.69, 9.17) is 0 Å². The molecule has 1 saturated heterocycles. The molecule has 1 aliphatic rings. The monoisotopic (exact) mass is 346 g/mol. The lowest BCUT2D eigenvalue weighted by Crippen LogP contribution is -2.50. The number of piperazine rings is 1. The first-order valence-corrected chi connectivity index (χ1v) is 8.55. The Morgan fingerprint density at radius 1 is 1.00 bits per heavy atom. The molecule has 1 fully saturated rings. The summed E-state index contributed by atoms with van der Waals surface area (Å²) in [5.74, 6) is 0.0192. The Morgan fingerprint density at radius 2 is 1.56 bits per heavy atom. The lowest BCUT2D eigenvalue weighted by Gasteiger charge is -2.34. The molecule has 7 heteroatoms. The molecule has 136 valence electrons. The highest BCUT2D eigenvalue weighted by Crippen LogP contribution is 2.10. The van der Waals surface area contributed by atoms with Crippen molar-refractivity contribution >= 4 is 17.8 Å². The van der Waals surface area contributed by atoms with Crippen molar-refractivity contribution in [3.63, 3.8) is 0 Å². The summed E-state index contributed by atoms with van der Waals surface area (Å²) in [5.41, 5.74) is 1.54. The van der Waals surface area contributed by atoms with Gasteiger partial charge in [0.15, 0.2) is 0 Å². The number of amides is 4. The molecule has 1 heterocycles. The van der Waals surface area contributed by atoms with Crippen LogP contribution in [0.2, 0.25) is 0 Å². The van der Waals surface area contributed by atoms with Gasteiger partial charge in [0.2, 0.25) is 5.91 Å². The summed E-state index contributed by atoms with van der Waals surface area (Å²) in [4.78, 5) is 38.9. The van der Waals surface area contributed by atoms with Gasteiger partial charge in [-0.25, -0.2) is 4.79 Å². The molecule has 0 radical (unpaired) electrons. The van der Waals surface area contributed by atoms with Crippen LogP contribution in [0.5, 0.6) is 0 Å². The number of nitrogens with zero attached hydrogens (tertiary/aromatic N) is 2. The lowest BCUT2D eigenvalue weighted by molar-refractivity contribution is -0.130. The average Bonchev–Trinajstić information content (AvgIpc) is 2.59. The molecule has 0 atom stereocenters. The van der Waals surface area contributed by atoms with Crippen molar-refractivity contribution in [1.29, 1.82) is 0 Å². The number of benzene rings is 1. The minimum Gasteiger partial charge on any atom is -0.339 e. The van der Waals surface area contributed by atoms with Crippen LogP contribution >= 0.6 is 0 Å². The Hall–Kier alpha value is -2.57. The van der Waals surface area contributed by atoms with Gasteiger partial charge in [-0.1, -0.05) is 12.1 Å². The fourth-order valence-corrected chi connectivity index (χ4v) is 2.67. The molecular weight excluding hydrogens is 320 g/mol. The smallest absolute Gasteiger partial charge is 0.315 e. The van der Waals surface area contributed by atoms with Gasteiger partial charge in [-0.15, -0.1) is 0 Å². The van der Waals surface area contributed by atoms with E-state index < -0.39 is 0 Å². The molecule has 4 amide bonds. The first-order chi connectivity index (χ1) is 11.9. The van der Waals surface area contributed by atoms with E-state index in [2.05, 4.69) is 10.6 Å². The highest BCUT2D eigenvalue weighted by Gasteiger charge is 2.23. The molecule has 0 aliphatic carbocycles. The van der Waals surface area contributed by atoms with E-state index in [1.165, 1.54) is 0 Å². The van der Waals surface area contributed by atoms with Crippen LogP contribution in [0, 0.1) is 0 Å². The van der Waals surface area contributed by atoms with Crippen molar-refractivity contribution < 1.29 is 14.4 Å². The van der Waals surface area contributed by atoms with Crippen LogP contribution < -0.4 is 10.6 Å². The fourth-order valence-electron chi connectivity index (χ4n) is 2.67. The molecule has 0 aromatic heterocycles. The Labute approximate surface area is 148 Å². The zero-order chi connectivity index (χ0) is 18.4. The van der Waals surface area contributed by atoms with Crippen molar-refractivity contribution in [3.05, 3.63) is 35.4 Å². The Kier molecular flexibility index (Phi) is 6.38. The zero-order valence-electron chi connectivity index (χ0n) is 15.0. The molecule has 2 N–H and O–H groups in total. The van der Waals surface area contributed by atoms with E-state index >= 15 is 0 Å². The van der Waals surface area contributed by atoms with Crippen LogP contribution in [-0.2, 0) is 11.3 Å². The normalized spacial score (nSPS) is 14.4. The van der Waals surface area contributed by atoms with Crippen LogP contribution in [0.25, 0.3) is 0 Å². The maximum absolute atomic E-state index is 12.5. The summed E-state index contributed by atoms with van der Waals surface area (Å²) < 4.78 is 0. The maximum atomic E-state index is 12.5. The maximum Gasteiger partial charge on any atom is 0.315 e. The summed E-state index contributed by atoms with van der Waals surface area (Å²) in [5, 5.41) is 5.53. The quantitative estimate of drug-likeness (QED) is 0.859. The average molecular weight is 346 g/mol. The van der Waals surface area contributed by atoms with Crippen molar-refractivity contribution in [1.82, 2.24) is 20.4 Å². The third-order valence-corrected chi connectivity index (χ3v) is 4.09. The number of hydrogen-bond donors (Lipinski definition) is 2. The van der Waals surface area contributed by atoms with Crippen molar-refractivity contribution in [2.75, 3.05) is 26.2 Å². The summed E-state index contributed by atoms with van der Waals surface area (Å²) >= 11 is 0. The first kappa shape index (κ1) is 18.8. The molecule has 0 spiro atoms. The van der Waals surface area contributed by atoms with Gasteiger partial charge in [-0.2, -0.15) is 0 Å². The standard InChI is InChI=1S/C18H26N4O3/c1-13(2)20-18(25)19-12-15-4-6-16(7-5-15)17(24)22-10-8-21(9-11-22)14(3)23/h4-7,13H,8-12H2,1-3H3,(H2,19,20,25). The third kappa shape index (κ3) is 5.48. The molecule has 0 saturated carbocycles. The molecular formula is C18H26N4O3. The molecule has 2 rings (SSSR count). The number of nitrogens with one attached hydrogen (secondary N) is 2. The molecule has 0 bridgehead atoms. The number of carbonyl (C=O) groups is 3. The van der Waals surface area contributed by atoms with E-state index in [1.807, 2.05) is 26.0 Å². The number of carbonyl (C=O) groups excluding carboxylic acids is 3. The Balaban J connectivity index is 1.86. The highest BCUT2D eigenvalue weighted by atomic mass is 16.2. The van der Waals surface area contributed by atoms with Gasteiger partial charge in [-0.3, -0.25) is 9.59 Å². The van der Waals surface area contributed by atoms with Crippen LogP contribution in [0.4, 0.5) is 4.79 Å². The second-order valence-corrected chi connectivity index (χ2v) is 6.48. The molecule has 1 aromatic carbocycles. The fraction of sp³-hybridized carbons (Fsp3) is 0.500. The summed E-state index contributed by atoms with van der Waals surface area (Å²) in [6.07, 6.45) is 0. The van der Waals surface area contributed by atoms with Gasteiger partial charge in [0.1, 0.15) is 0 Å². The summed E-state index contributed by atoms with van der Waals surface area (Å²) in [7, 11) is 0. The van der Waals surface area contributed by atoms with Gasteiger partial charge in [0, 0.05) is 51.3 Å².